The van der Waals surface area contributed by atoms with Gasteiger partial charge in [0.2, 0.25) is 5.91 Å². The average Bonchev–Trinajstić information content (AvgIpc) is 2.39. The summed E-state index contributed by atoms with van der Waals surface area (Å²) in [7, 11) is 4.81. The molecule has 0 atom stereocenters. The normalized spacial score (nSPS) is 16.2. The third kappa shape index (κ3) is 7.93. The van der Waals surface area contributed by atoms with Crippen molar-refractivity contribution >= 4 is 35.5 Å². The molecule has 0 saturated carbocycles. The summed E-state index contributed by atoms with van der Waals surface area (Å²) in [5.74, 6) is -0.121. The maximum Gasteiger partial charge on any atom is 0.317 e. The van der Waals surface area contributed by atoms with Gasteiger partial charge in [-0.2, -0.15) is 8.42 Å². The summed E-state index contributed by atoms with van der Waals surface area (Å²) in [4.78, 5) is 15.8. The molecule has 1 fully saturated rings. The Morgan fingerprint density at radius 1 is 1.27 bits per heavy atom. The minimum atomic E-state index is -3.72. The number of nitrogens with zero attached hydrogens (tertiary/aromatic N) is 2. The van der Waals surface area contributed by atoms with E-state index in [1.54, 1.807) is 11.0 Å². The molecule has 1 amide bonds. The largest absolute Gasteiger partial charge is 0.336 e. The van der Waals surface area contributed by atoms with Gasteiger partial charge in [-0.05, 0) is 24.2 Å². The molecule has 0 aromatic heterocycles. The third-order valence-electron chi connectivity index (χ3n) is 3.11. The number of benzene rings is 1. The highest BCUT2D eigenvalue weighted by molar-refractivity contribution is 8.31. The number of amides is 1. The molecule has 0 bridgehead atoms. The van der Waals surface area contributed by atoms with E-state index in [0.717, 1.165) is 25.2 Å². The van der Waals surface area contributed by atoms with Gasteiger partial charge in [0.25, 0.3) is 0 Å². The molecule has 22 heavy (non-hydrogen) atoms. The van der Waals surface area contributed by atoms with Crippen LogP contribution < -0.4 is 0 Å². The van der Waals surface area contributed by atoms with Crippen LogP contribution in [0.1, 0.15) is 12.5 Å². The van der Waals surface area contributed by atoms with E-state index in [-0.39, 0.29) is 11.7 Å². The van der Waals surface area contributed by atoms with Crippen molar-refractivity contribution in [2.24, 2.45) is 0 Å². The molecule has 1 heterocycles. The highest BCUT2D eigenvalue weighted by Gasteiger charge is 2.22. The fourth-order valence-corrected chi connectivity index (χ4v) is 2.05. The van der Waals surface area contributed by atoms with E-state index < -0.39 is 8.26 Å². The average molecular weight is 371 g/mol. The Labute approximate surface area is 138 Å². The first-order valence-electron chi connectivity index (χ1n) is 6.58. The second-order valence-electron chi connectivity index (χ2n) is 4.69. The van der Waals surface area contributed by atoms with Crippen LogP contribution in [0.2, 0.25) is 0 Å². The van der Waals surface area contributed by atoms with Crippen molar-refractivity contribution in [2.45, 2.75) is 13.5 Å². The van der Waals surface area contributed by atoms with Gasteiger partial charge in [0.05, 0.1) is 6.54 Å². The quantitative estimate of drug-likeness (QED) is 0.765. The molecule has 1 aliphatic heterocycles. The fraction of sp³-hybridized carbons (Fsp3) is 0.462. The van der Waals surface area contributed by atoms with E-state index in [2.05, 4.69) is 33.2 Å². The second-order valence-corrected chi connectivity index (χ2v) is 8.36. The van der Waals surface area contributed by atoms with Crippen LogP contribution in [0.3, 0.4) is 0 Å². The molecule has 124 valence electrons. The van der Waals surface area contributed by atoms with Gasteiger partial charge in [-0.15, -0.1) is 0 Å². The van der Waals surface area contributed by atoms with Gasteiger partial charge in [0, 0.05) is 41.0 Å². The molecule has 0 aliphatic carbocycles. The van der Waals surface area contributed by atoms with E-state index in [0.29, 0.717) is 13.1 Å². The Morgan fingerprint density at radius 3 is 2.41 bits per heavy atom. The lowest BCUT2D eigenvalue weighted by Crippen LogP contribution is -2.49. The Hall–Kier alpha value is -0.890. The number of hydrogen-bond acceptors (Lipinski definition) is 4. The number of carbonyl (C=O) groups is 1. The molecular weight excluding hydrogens is 354 g/mol. The summed E-state index contributed by atoms with van der Waals surface area (Å²) in [5.41, 5.74) is 0.850. The SMILES string of the molecule is CCN1CCN(Cc2cccc(F)c2)C(=O)C1.O=S(=O)(Cl)Cl. The zero-order valence-corrected chi connectivity index (χ0v) is 14.3. The highest BCUT2D eigenvalue weighted by atomic mass is 36.0. The summed E-state index contributed by atoms with van der Waals surface area (Å²) < 4.78 is 31.3. The van der Waals surface area contributed by atoms with Crippen molar-refractivity contribution in [3.05, 3.63) is 35.6 Å². The Balaban J connectivity index is 0.000000422. The van der Waals surface area contributed by atoms with E-state index in [1.807, 2.05) is 6.07 Å². The standard InChI is InChI=1S/C13H17FN2O.Cl2O2S/c1-2-15-6-7-16(13(17)10-15)9-11-4-3-5-12(14)8-11;1-5(2,3)4/h3-5,8H,2,6-7,9-10H2,1H3;. The van der Waals surface area contributed by atoms with Gasteiger partial charge >= 0.3 is 8.26 Å². The molecule has 5 nitrogen and oxygen atoms in total. The van der Waals surface area contributed by atoms with Gasteiger partial charge in [-0.1, -0.05) is 19.1 Å². The summed E-state index contributed by atoms with van der Waals surface area (Å²) >= 11 is 0. The molecule has 0 spiro atoms. The first-order chi connectivity index (χ1) is 10.2. The van der Waals surface area contributed by atoms with Crippen LogP contribution in [0.4, 0.5) is 4.39 Å². The van der Waals surface area contributed by atoms with Crippen molar-refractivity contribution in [3.8, 4) is 0 Å². The van der Waals surface area contributed by atoms with Crippen molar-refractivity contribution in [2.75, 3.05) is 26.2 Å². The van der Waals surface area contributed by atoms with Gasteiger partial charge in [0.1, 0.15) is 5.82 Å². The van der Waals surface area contributed by atoms with Crippen molar-refractivity contribution in [1.29, 1.82) is 0 Å². The van der Waals surface area contributed by atoms with Crippen molar-refractivity contribution < 1.29 is 17.6 Å². The highest BCUT2D eigenvalue weighted by Crippen LogP contribution is 2.10. The number of carbonyl (C=O) groups excluding carboxylic acids is 1. The third-order valence-corrected chi connectivity index (χ3v) is 3.11. The lowest BCUT2D eigenvalue weighted by molar-refractivity contribution is -0.136. The lowest BCUT2D eigenvalue weighted by atomic mass is 10.2. The van der Waals surface area contributed by atoms with Gasteiger partial charge in [-0.3, -0.25) is 9.69 Å². The number of halogens is 3. The molecule has 9 heteroatoms. The number of rotatable bonds is 3. The molecule has 1 aromatic carbocycles. The molecule has 1 aliphatic rings. The van der Waals surface area contributed by atoms with E-state index in [1.165, 1.54) is 12.1 Å². The van der Waals surface area contributed by atoms with E-state index >= 15 is 0 Å². The topological polar surface area (TPSA) is 57.7 Å². The number of likely N-dealkylation sites (N-methyl/N-ethyl adjacent to an activating group) is 1. The minimum absolute atomic E-state index is 0.127. The zero-order valence-electron chi connectivity index (χ0n) is 12.0. The van der Waals surface area contributed by atoms with Crippen LogP contribution in [-0.4, -0.2) is 50.3 Å². The molecule has 2 rings (SSSR count). The molecule has 1 saturated heterocycles. The first kappa shape index (κ1) is 19.2. The molecule has 1 aromatic rings. The summed E-state index contributed by atoms with van der Waals surface area (Å²) in [6, 6.07) is 6.43. The van der Waals surface area contributed by atoms with Crippen molar-refractivity contribution in [1.82, 2.24) is 9.80 Å². The monoisotopic (exact) mass is 370 g/mol. The lowest BCUT2D eigenvalue weighted by Gasteiger charge is -2.33. The van der Waals surface area contributed by atoms with Gasteiger partial charge in [0.15, 0.2) is 0 Å². The fourth-order valence-electron chi connectivity index (χ4n) is 2.05. The van der Waals surface area contributed by atoms with Crippen LogP contribution in [0.25, 0.3) is 0 Å². The first-order valence-corrected chi connectivity index (χ1v) is 9.71. The van der Waals surface area contributed by atoms with Crippen LogP contribution in [0, 0.1) is 5.82 Å². The maximum atomic E-state index is 13.0. The van der Waals surface area contributed by atoms with Crippen LogP contribution >= 0.6 is 21.4 Å². The molecular formula is C13H17Cl2FN2O3S. The smallest absolute Gasteiger partial charge is 0.317 e. The van der Waals surface area contributed by atoms with Gasteiger partial charge in [-0.25, -0.2) is 4.39 Å². The summed E-state index contributed by atoms with van der Waals surface area (Å²) in [6.07, 6.45) is 0. The van der Waals surface area contributed by atoms with Crippen LogP contribution in [-0.2, 0) is 19.6 Å². The Morgan fingerprint density at radius 2 is 1.91 bits per heavy atom. The minimum Gasteiger partial charge on any atom is -0.336 e. The zero-order chi connectivity index (χ0) is 16.8. The summed E-state index contributed by atoms with van der Waals surface area (Å²) in [6.45, 7) is 5.57. The second kappa shape index (κ2) is 8.67. The van der Waals surface area contributed by atoms with Crippen LogP contribution in [0.5, 0.6) is 0 Å². The number of piperazine rings is 1. The molecule has 0 unspecified atom stereocenters. The number of hydrogen-bond donors (Lipinski definition) is 0. The Kier molecular flexibility index (Phi) is 7.55. The predicted molar refractivity (Wildman–Crippen MR) is 84.6 cm³/mol. The molecule has 0 N–H and O–H groups in total. The van der Waals surface area contributed by atoms with Crippen LogP contribution in [0.15, 0.2) is 24.3 Å². The van der Waals surface area contributed by atoms with Gasteiger partial charge < -0.3 is 4.90 Å². The maximum absolute atomic E-state index is 13.0. The van der Waals surface area contributed by atoms with E-state index in [4.69, 9.17) is 8.42 Å². The van der Waals surface area contributed by atoms with E-state index in [9.17, 15) is 9.18 Å². The van der Waals surface area contributed by atoms with Crippen molar-refractivity contribution in [3.63, 3.8) is 0 Å². The molecule has 0 radical (unpaired) electrons. The Bertz CT molecular complexity index is 605. The predicted octanol–water partition coefficient (Wildman–Crippen LogP) is 2.20. The summed E-state index contributed by atoms with van der Waals surface area (Å²) in [5, 5.41) is 0.